The highest BCUT2D eigenvalue weighted by Gasteiger charge is 2.11. The van der Waals surface area contributed by atoms with E-state index in [9.17, 15) is 9.59 Å². The molecule has 9 heteroatoms. The summed E-state index contributed by atoms with van der Waals surface area (Å²) >= 11 is 2.60. The Morgan fingerprint density at radius 1 is 1.47 bits per heavy atom. The third kappa shape index (κ3) is 3.80. The van der Waals surface area contributed by atoms with Crippen molar-refractivity contribution in [3.05, 3.63) is 23.7 Å². The lowest BCUT2D eigenvalue weighted by Gasteiger charge is -1.93. The van der Waals surface area contributed by atoms with Crippen LogP contribution in [-0.4, -0.2) is 27.2 Å². The van der Waals surface area contributed by atoms with Gasteiger partial charge in [-0.05, 0) is 12.1 Å². The number of nitrogens with zero attached hydrogens (tertiary/aromatic N) is 2. The molecule has 2 aromatic heterocycles. The third-order valence-electron chi connectivity index (χ3n) is 1.90. The molecule has 0 aromatic carbocycles. The predicted octanol–water partition coefficient (Wildman–Crippen LogP) is 2.08. The van der Waals surface area contributed by atoms with Gasteiger partial charge < -0.3 is 14.8 Å². The Morgan fingerprint density at radius 2 is 2.26 bits per heavy atom. The average molecular weight is 299 g/mol. The first-order valence-corrected chi connectivity index (χ1v) is 6.90. The third-order valence-corrected chi connectivity index (χ3v) is 3.89. The van der Waals surface area contributed by atoms with Crippen LogP contribution in [-0.2, 0) is 10.5 Å². The van der Waals surface area contributed by atoms with Gasteiger partial charge in [0.05, 0.1) is 5.75 Å². The molecule has 19 heavy (non-hydrogen) atoms. The highest BCUT2D eigenvalue weighted by atomic mass is 32.2. The molecule has 0 aliphatic rings. The minimum atomic E-state index is -1.10. The molecule has 0 bridgehead atoms. The predicted molar refractivity (Wildman–Crippen MR) is 69.4 cm³/mol. The largest absolute Gasteiger partial charge is 0.475 e. The lowest BCUT2D eigenvalue weighted by Crippen LogP contribution is -2.04. The van der Waals surface area contributed by atoms with Gasteiger partial charge in [0.2, 0.25) is 16.8 Å². The van der Waals surface area contributed by atoms with Gasteiger partial charge in [0.25, 0.3) is 0 Å². The minimum absolute atomic E-state index is 0.0909. The van der Waals surface area contributed by atoms with Crippen LogP contribution in [0.5, 0.6) is 0 Å². The van der Waals surface area contributed by atoms with Gasteiger partial charge >= 0.3 is 5.97 Å². The summed E-state index contributed by atoms with van der Waals surface area (Å²) < 4.78 is 5.77. The zero-order chi connectivity index (χ0) is 13.8. The second-order valence-electron chi connectivity index (χ2n) is 3.41. The Bertz CT molecular complexity index is 607. The van der Waals surface area contributed by atoms with Crippen molar-refractivity contribution in [1.82, 2.24) is 10.2 Å². The number of hydrogen-bond acceptors (Lipinski definition) is 7. The van der Waals surface area contributed by atoms with Crippen LogP contribution in [0.2, 0.25) is 0 Å². The molecule has 2 aromatic rings. The molecule has 0 fully saturated rings. The van der Waals surface area contributed by atoms with Crippen LogP contribution >= 0.6 is 23.1 Å². The zero-order valence-corrected chi connectivity index (χ0v) is 11.4. The second kappa shape index (κ2) is 5.85. The summed E-state index contributed by atoms with van der Waals surface area (Å²) in [6, 6.07) is 3.01. The van der Waals surface area contributed by atoms with Crippen LogP contribution in [0.4, 0.5) is 5.13 Å². The molecule has 0 atom stereocenters. The number of carbonyl (C=O) groups excluding carboxylic acids is 1. The lowest BCUT2D eigenvalue weighted by atomic mass is 10.4. The molecule has 0 unspecified atom stereocenters. The molecule has 0 aliphatic heterocycles. The molecular formula is C10H9N3O4S2. The quantitative estimate of drug-likeness (QED) is 0.643. The van der Waals surface area contributed by atoms with Gasteiger partial charge in [0.15, 0.2) is 4.34 Å². The molecule has 100 valence electrons. The molecule has 0 saturated heterocycles. The summed E-state index contributed by atoms with van der Waals surface area (Å²) in [7, 11) is 0. The Morgan fingerprint density at radius 3 is 2.89 bits per heavy atom. The Hall–Kier alpha value is -1.87. The lowest BCUT2D eigenvalue weighted by molar-refractivity contribution is -0.114. The van der Waals surface area contributed by atoms with E-state index in [0.29, 0.717) is 21.0 Å². The van der Waals surface area contributed by atoms with Gasteiger partial charge in [-0.3, -0.25) is 4.79 Å². The molecule has 2 rings (SSSR count). The first kappa shape index (κ1) is 13.6. The van der Waals surface area contributed by atoms with E-state index in [4.69, 9.17) is 9.52 Å². The minimum Gasteiger partial charge on any atom is -0.475 e. The smallest absolute Gasteiger partial charge is 0.371 e. The van der Waals surface area contributed by atoms with Crippen molar-refractivity contribution >= 4 is 40.1 Å². The van der Waals surface area contributed by atoms with Crippen molar-refractivity contribution < 1.29 is 19.1 Å². The summed E-state index contributed by atoms with van der Waals surface area (Å²) in [5.41, 5.74) is 0. The van der Waals surface area contributed by atoms with E-state index in [1.165, 1.54) is 36.1 Å². The fraction of sp³-hybridized carbons (Fsp3) is 0.200. The number of hydrogen-bond donors (Lipinski definition) is 2. The standard InChI is InChI=1S/C10H9N3O4S2/c1-5(14)11-9-12-13-10(19-9)18-4-6-2-3-7(17-6)8(15)16/h2-3H,4H2,1H3,(H,15,16)(H,11,12,14). The maximum Gasteiger partial charge on any atom is 0.371 e. The number of nitrogens with one attached hydrogen (secondary N) is 1. The van der Waals surface area contributed by atoms with Crippen LogP contribution in [0.3, 0.4) is 0 Å². The number of furan rings is 1. The Labute approximate surface area is 116 Å². The number of anilines is 1. The number of rotatable bonds is 5. The number of aromatic nitrogens is 2. The van der Waals surface area contributed by atoms with Crippen LogP contribution < -0.4 is 5.32 Å². The van der Waals surface area contributed by atoms with Gasteiger partial charge in [0, 0.05) is 6.92 Å². The number of carboxylic acid groups (broad SMARTS) is 1. The van der Waals surface area contributed by atoms with E-state index in [0.717, 1.165) is 0 Å². The van der Waals surface area contributed by atoms with Gasteiger partial charge in [-0.15, -0.1) is 10.2 Å². The maximum absolute atomic E-state index is 10.8. The second-order valence-corrected chi connectivity index (χ2v) is 5.61. The van der Waals surface area contributed by atoms with E-state index in [1.807, 2.05) is 0 Å². The van der Waals surface area contributed by atoms with Crippen molar-refractivity contribution in [3.8, 4) is 0 Å². The van der Waals surface area contributed by atoms with Gasteiger partial charge in [-0.1, -0.05) is 23.1 Å². The summed E-state index contributed by atoms with van der Waals surface area (Å²) in [5.74, 6) is -0.405. The fourth-order valence-electron chi connectivity index (χ4n) is 1.17. The first-order chi connectivity index (χ1) is 9.04. The normalized spacial score (nSPS) is 10.4. The summed E-state index contributed by atoms with van der Waals surface area (Å²) in [6.45, 7) is 1.39. The van der Waals surface area contributed by atoms with Crippen molar-refractivity contribution in [2.75, 3.05) is 5.32 Å². The molecule has 2 heterocycles. The highest BCUT2D eigenvalue weighted by molar-refractivity contribution is 8.00. The van der Waals surface area contributed by atoms with Crippen LogP contribution in [0, 0.1) is 0 Å². The zero-order valence-electron chi connectivity index (χ0n) is 9.74. The SMILES string of the molecule is CC(=O)Nc1nnc(SCc2ccc(C(=O)O)o2)s1. The van der Waals surface area contributed by atoms with Crippen molar-refractivity contribution in [1.29, 1.82) is 0 Å². The number of carboxylic acids is 1. The number of thioether (sulfide) groups is 1. The van der Waals surface area contributed by atoms with Crippen molar-refractivity contribution in [2.24, 2.45) is 0 Å². The number of aromatic carboxylic acids is 1. The van der Waals surface area contributed by atoms with E-state index >= 15 is 0 Å². The molecule has 0 aliphatic carbocycles. The van der Waals surface area contributed by atoms with E-state index in [2.05, 4.69) is 15.5 Å². The Balaban J connectivity index is 1.92. The monoisotopic (exact) mass is 299 g/mol. The highest BCUT2D eigenvalue weighted by Crippen LogP contribution is 2.28. The fourth-order valence-corrected chi connectivity index (χ4v) is 2.86. The van der Waals surface area contributed by atoms with Gasteiger partial charge in [-0.2, -0.15) is 0 Å². The van der Waals surface area contributed by atoms with Gasteiger partial charge in [0.1, 0.15) is 5.76 Å². The first-order valence-electron chi connectivity index (χ1n) is 5.10. The topological polar surface area (TPSA) is 105 Å². The molecule has 0 saturated carbocycles. The van der Waals surface area contributed by atoms with E-state index in [-0.39, 0.29) is 11.7 Å². The van der Waals surface area contributed by atoms with E-state index in [1.54, 1.807) is 6.07 Å². The number of amides is 1. The summed E-state index contributed by atoms with van der Waals surface area (Å²) in [6.07, 6.45) is 0. The van der Waals surface area contributed by atoms with Crippen molar-refractivity contribution in [2.45, 2.75) is 17.0 Å². The van der Waals surface area contributed by atoms with Crippen molar-refractivity contribution in [3.63, 3.8) is 0 Å². The maximum atomic E-state index is 10.8. The Kier molecular flexibility index (Phi) is 4.17. The average Bonchev–Trinajstić information content (AvgIpc) is 2.94. The van der Waals surface area contributed by atoms with Crippen LogP contribution in [0.1, 0.15) is 23.2 Å². The molecule has 0 spiro atoms. The van der Waals surface area contributed by atoms with Crippen LogP contribution in [0.25, 0.3) is 0 Å². The van der Waals surface area contributed by atoms with Crippen LogP contribution in [0.15, 0.2) is 20.9 Å². The summed E-state index contributed by atoms with van der Waals surface area (Å²) in [5, 5.41) is 19.4. The van der Waals surface area contributed by atoms with Gasteiger partial charge in [-0.25, -0.2) is 4.79 Å². The molecule has 2 N–H and O–H groups in total. The molecular weight excluding hydrogens is 290 g/mol. The summed E-state index contributed by atoms with van der Waals surface area (Å²) in [4.78, 5) is 21.5. The van der Waals surface area contributed by atoms with E-state index < -0.39 is 5.97 Å². The molecule has 0 radical (unpaired) electrons. The molecule has 7 nitrogen and oxygen atoms in total. The molecule has 1 amide bonds. The number of carbonyl (C=O) groups is 2.